The average Bonchev–Trinajstić information content (AvgIpc) is 2.83. The van der Waals surface area contributed by atoms with Gasteiger partial charge in [-0.15, -0.1) is 5.10 Å². The van der Waals surface area contributed by atoms with Crippen LogP contribution < -0.4 is 11.1 Å². The summed E-state index contributed by atoms with van der Waals surface area (Å²) in [6.45, 7) is 4.05. The first-order chi connectivity index (χ1) is 8.69. The summed E-state index contributed by atoms with van der Waals surface area (Å²) in [6.07, 6.45) is 3.47. The van der Waals surface area contributed by atoms with Gasteiger partial charge < -0.3 is 11.1 Å². The lowest BCUT2D eigenvalue weighted by molar-refractivity contribution is -0.106. The van der Waals surface area contributed by atoms with Crippen molar-refractivity contribution >= 4 is 12.2 Å². The Labute approximate surface area is 103 Å². The molecule has 0 fully saturated rings. The second-order valence-electron chi connectivity index (χ2n) is 3.44. The molecule has 1 amide bonds. The number of anilines is 1. The summed E-state index contributed by atoms with van der Waals surface area (Å²) in [4.78, 5) is 16.9. The number of tetrazole rings is 1. The van der Waals surface area contributed by atoms with Gasteiger partial charge in [0.2, 0.25) is 12.2 Å². The molecular weight excluding hydrogens is 236 g/mol. The van der Waals surface area contributed by atoms with Gasteiger partial charge in [0, 0.05) is 18.4 Å². The quantitative estimate of drug-likeness (QED) is 0.629. The maximum atomic E-state index is 8.58. The Morgan fingerprint density at radius 1 is 1.39 bits per heavy atom. The lowest BCUT2D eigenvalue weighted by atomic mass is 10.3. The summed E-state index contributed by atoms with van der Waals surface area (Å²) in [5.74, 6) is 1.18. The molecule has 0 saturated heterocycles. The van der Waals surface area contributed by atoms with Gasteiger partial charge in [-0.25, -0.2) is 15.1 Å². The maximum absolute atomic E-state index is 8.58. The van der Waals surface area contributed by atoms with Crippen LogP contribution in [0.2, 0.25) is 0 Å². The van der Waals surface area contributed by atoms with E-state index >= 15 is 0 Å². The predicted octanol–water partition coefficient (Wildman–Crippen LogP) is -0.421. The Balaban J connectivity index is 0.000000492. The van der Waals surface area contributed by atoms with Crippen LogP contribution in [0, 0.1) is 0 Å². The van der Waals surface area contributed by atoms with Crippen molar-refractivity contribution in [1.82, 2.24) is 30.6 Å². The largest absolute Gasteiger partial charge is 0.372 e. The fourth-order valence-corrected chi connectivity index (χ4v) is 1.15. The van der Waals surface area contributed by atoms with E-state index in [9.17, 15) is 0 Å². The number of rotatable bonds is 3. The van der Waals surface area contributed by atoms with Gasteiger partial charge >= 0.3 is 0 Å². The molecular formula is C9H14N8O. The lowest BCUT2D eigenvalue weighted by Crippen LogP contribution is -2.12. The zero-order valence-electron chi connectivity index (χ0n) is 10.0. The van der Waals surface area contributed by atoms with E-state index in [2.05, 4.69) is 41.6 Å². The maximum Gasteiger partial charge on any atom is 0.204 e. The third kappa shape index (κ3) is 3.77. The fourth-order valence-electron chi connectivity index (χ4n) is 1.15. The number of hydrogen-bond acceptors (Lipinski definition) is 7. The second-order valence-corrected chi connectivity index (χ2v) is 3.44. The van der Waals surface area contributed by atoms with Gasteiger partial charge in [0.05, 0.1) is 0 Å². The van der Waals surface area contributed by atoms with Gasteiger partial charge in [-0.3, -0.25) is 4.79 Å². The van der Waals surface area contributed by atoms with Crippen LogP contribution in [-0.2, 0) is 4.79 Å². The number of nitrogens with two attached hydrogens (primary N) is 1. The molecule has 0 unspecified atom stereocenters. The van der Waals surface area contributed by atoms with Crippen molar-refractivity contribution in [2.24, 2.45) is 5.73 Å². The van der Waals surface area contributed by atoms with Crippen molar-refractivity contribution in [3.63, 3.8) is 0 Å². The molecule has 2 rings (SSSR count). The van der Waals surface area contributed by atoms with Crippen LogP contribution >= 0.6 is 0 Å². The van der Waals surface area contributed by atoms with Crippen molar-refractivity contribution in [3.05, 3.63) is 12.4 Å². The summed E-state index contributed by atoms with van der Waals surface area (Å²) in [6, 6.07) is 0.274. The van der Waals surface area contributed by atoms with Crippen LogP contribution in [0.1, 0.15) is 13.8 Å². The average molecular weight is 250 g/mol. The Kier molecular flexibility index (Phi) is 5.16. The highest BCUT2D eigenvalue weighted by molar-refractivity contribution is 5.64. The lowest BCUT2D eigenvalue weighted by Gasteiger charge is -2.10. The molecule has 0 saturated carbocycles. The molecule has 0 atom stereocenters. The van der Waals surface area contributed by atoms with E-state index in [-0.39, 0.29) is 12.5 Å². The first-order valence-corrected chi connectivity index (χ1v) is 5.16. The molecule has 0 bridgehead atoms. The molecule has 0 aromatic carbocycles. The highest BCUT2D eigenvalue weighted by atomic mass is 16.1. The number of nitrogens with one attached hydrogen (secondary N) is 2. The molecule has 0 aliphatic rings. The summed E-state index contributed by atoms with van der Waals surface area (Å²) >= 11 is 0. The van der Waals surface area contributed by atoms with Gasteiger partial charge in [0.1, 0.15) is 0 Å². The second kappa shape index (κ2) is 6.89. The Morgan fingerprint density at radius 3 is 2.61 bits per heavy atom. The van der Waals surface area contributed by atoms with Crippen LogP contribution in [-0.4, -0.2) is 43.0 Å². The number of carbonyl (C=O) groups is 1. The number of hydrogen-bond donors (Lipinski definition) is 3. The summed E-state index contributed by atoms with van der Waals surface area (Å²) < 4.78 is 0. The molecule has 4 N–H and O–H groups in total. The zero-order chi connectivity index (χ0) is 13.4. The summed E-state index contributed by atoms with van der Waals surface area (Å²) in [7, 11) is 0. The molecule has 0 aliphatic heterocycles. The normalized spacial score (nSPS) is 9.50. The monoisotopic (exact) mass is 250 g/mol. The van der Waals surface area contributed by atoms with Crippen LogP contribution in [0.4, 0.5) is 5.82 Å². The Morgan fingerprint density at radius 2 is 2.06 bits per heavy atom. The van der Waals surface area contributed by atoms with Crippen LogP contribution in [0.25, 0.3) is 11.5 Å². The molecule has 0 aliphatic carbocycles. The van der Waals surface area contributed by atoms with Crippen molar-refractivity contribution in [3.8, 4) is 11.5 Å². The molecule has 0 spiro atoms. The molecule has 18 heavy (non-hydrogen) atoms. The summed E-state index contributed by atoms with van der Waals surface area (Å²) in [5.41, 5.74) is 4.79. The van der Waals surface area contributed by atoms with E-state index in [1.165, 1.54) is 0 Å². The minimum absolute atomic E-state index is 0.250. The van der Waals surface area contributed by atoms with Crippen LogP contribution in [0.15, 0.2) is 12.4 Å². The predicted molar refractivity (Wildman–Crippen MR) is 64.2 cm³/mol. The molecule has 0 radical (unpaired) electrons. The van der Waals surface area contributed by atoms with Crippen LogP contribution in [0.5, 0.6) is 0 Å². The van der Waals surface area contributed by atoms with E-state index in [1.807, 2.05) is 13.8 Å². The topological polar surface area (TPSA) is 135 Å². The number of aromatic nitrogens is 6. The number of amides is 1. The van der Waals surface area contributed by atoms with Gasteiger partial charge in [0.15, 0.2) is 11.5 Å². The van der Waals surface area contributed by atoms with E-state index in [0.29, 0.717) is 17.3 Å². The highest BCUT2D eigenvalue weighted by Gasteiger charge is 2.11. The van der Waals surface area contributed by atoms with Crippen molar-refractivity contribution in [2.75, 3.05) is 5.32 Å². The highest BCUT2D eigenvalue weighted by Crippen LogP contribution is 2.18. The summed E-state index contributed by atoms with van der Waals surface area (Å²) in [5, 5.41) is 16.6. The minimum Gasteiger partial charge on any atom is -0.372 e. The SMILES string of the molecule is CC(C)Nc1nccnc1-c1nnn[nH]1.NC=O. The third-order valence-electron chi connectivity index (χ3n) is 1.69. The smallest absolute Gasteiger partial charge is 0.204 e. The fraction of sp³-hybridized carbons (Fsp3) is 0.333. The van der Waals surface area contributed by atoms with Gasteiger partial charge in [-0.1, -0.05) is 0 Å². The number of carbonyl (C=O) groups excluding carboxylic acids is 1. The Hall–Kier alpha value is -2.58. The zero-order valence-corrected chi connectivity index (χ0v) is 10.0. The molecule has 9 heteroatoms. The standard InChI is InChI=1S/C8H11N7.CH3NO/c1-5(2)11-7-6(9-3-4-10-7)8-12-14-15-13-8;2-1-3/h3-5H,1-2H3,(H,10,11)(H,12,13,14,15);1H,(H2,2,3). The van der Waals surface area contributed by atoms with Gasteiger partial charge in [-0.05, 0) is 24.3 Å². The number of aromatic amines is 1. The molecule has 9 nitrogen and oxygen atoms in total. The number of primary amides is 1. The first-order valence-electron chi connectivity index (χ1n) is 5.16. The van der Waals surface area contributed by atoms with Crippen molar-refractivity contribution in [1.29, 1.82) is 0 Å². The molecule has 2 aromatic rings. The first kappa shape index (κ1) is 13.5. The third-order valence-corrected chi connectivity index (χ3v) is 1.69. The van der Waals surface area contributed by atoms with Crippen molar-refractivity contribution in [2.45, 2.75) is 19.9 Å². The molecule has 2 heterocycles. The minimum atomic E-state index is 0.250. The van der Waals surface area contributed by atoms with E-state index in [4.69, 9.17) is 4.79 Å². The van der Waals surface area contributed by atoms with Crippen LogP contribution in [0.3, 0.4) is 0 Å². The Bertz CT molecular complexity index is 469. The molecule has 2 aromatic heterocycles. The van der Waals surface area contributed by atoms with E-state index in [0.717, 1.165) is 0 Å². The number of nitrogens with zero attached hydrogens (tertiary/aromatic N) is 5. The van der Waals surface area contributed by atoms with E-state index < -0.39 is 0 Å². The number of H-pyrrole nitrogens is 1. The van der Waals surface area contributed by atoms with Crippen molar-refractivity contribution < 1.29 is 4.79 Å². The van der Waals surface area contributed by atoms with E-state index in [1.54, 1.807) is 12.4 Å². The molecule has 96 valence electrons. The van der Waals surface area contributed by atoms with Gasteiger partial charge in [0.25, 0.3) is 0 Å². The van der Waals surface area contributed by atoms with Gasteiger partial charge in [-0.2, -0.15) is 0 Å².